The van der Waals surface area contributed by atoms with Gasteiger partial charge in [0.1, 0.15) is 5.60 Å². The van der Waals surface area contributed by atoms with Crippen LogP contribution in [-0.4, -0.2) is 80.4 Å². The molecule has 4 fully saturated rings. The number of urea groups is 1. The standard InChI is InChI=1S/C18H30N2O5/c1-2-23-15-12-14(18(15)4-3-8-25-18)19-16(21)20-7-11-24-17(13-20)5-9-22-10-6-17/h14-15H,2-13H2,1H3,(H,19,21). The highest BCUT2D eigenvalue weighted by Gasteiger charge is 2.59. The van der Waals surface area contributed by atoms with E-state index < -0.39 is 0 Å². The van der Waals surface area contributed by atoms with Gasteiger partial charge in [0.15, 0.2) is 0 Å². The van der Waals surface area contributed by atoms with Crippen molar-refractivity contribution in [3.05, 3.63) is 0 Å². The first kappa shape index (κ1) is 17.5. The number of amides is 2. The van der Waals surface area contributed by atoms with Crippen molar-refractivity contribution < 1.29 is 23.7 Å². The first-order chi connectivity index (χ1) is 12.2. The fraction of sp³-hybridized carbons (Fsp3) is 0.944. The summed E-state index contributed by atoms with van der Waals surface area (Å²) in [5, 5.41) is 3.22. The van der Waals surface area contributed by atoms with E-state index >= 15 is 0 Å². The van der Waals surface area contributed by atoms with E-state index in [0.717, 1.165) is 38.7 Å². The van der Waals surface area contributed by atoms with Crippen molar-refractivity contribution >= 4 is 6.03 Å². The summed E-state index contributed by atoms with van der Waals surface area (Å²) >= 11 is 0. The van der Waals surface area contributed by atoms with Crippen molar-refractivity contribution in [2.75, 3.05) is 46.1 Å². The van der Waals surface area contributed by atoms with Gasteiger partial charge in [0.2, 0.25) is 0 Å². The molecule has 2 amide bonds. The average Bonchev–Trinajstić information content (AvgIpc) is 3.14. The highest BCUT2D eigenvalue weighted by atomic mass is 16.6. The van der Waals surface area contributed by atoms with Gasteiger partial charge in [-0.1, -0.05) is 0 Å². The number of rotatable bonds is 3. The largest absolute Gasteiger partial charge is 0.381 e. The molecular weight excluding hydrogens is 324 g/mol. The van der Waals surface area contributed by atoms with Gasteiger partial charge in [-0.15, -0.1) is 0 Å². The van der Waals surface area contributed by atoms with E-state index in [-0.39, 0.29) is 29.4 Å². The third-order valence-electron chi connectivity index (χ3n) is 6.27. The van der Waals surface area contributed by atoms with Crippen LogP contribution in [0, 0.1) is 0 Å². The van der Waals surface area contributed by atoms with E-state index in [0.29, 0.717) is 39.5 Å². The fourth-order valence-electron chi connectivity index (χ4n) is 4.78. The van der Waals surface area contributed by atoms with Crippen LogP contribution in [0.1, 0.15) is 39.0 Å². The normalized spacial score (nSPS) is 37.2. The van der Waals surface area contributed by atoms with Gasteiger partial charge in [0.25, 0.3) is 0 Å². The zero-order valence-corrected chi connectivity index (χ0v) is 15.1. The Hall–Kier alpha value is -0.890. The van der Waals surface area contributed by atoms with Gasteiger partial charge in [0, 0.05) is 45.8 Å². The van der Waals surface area contributed by atoms with E-state index in [2.05, 4.69) is 5.32 Å². The molecule has 3 unspecified atom stereocenters. The predicted octanol–water partition coefficient (Wildman–Crippen LogP) is 1.30. The van der Waals surface area contributed by atoms with Crippen LogP contribution in [0.25, 0.3) is 0 Å². The molecule has 1 saturated carbocycles. The van der Waals surface area contributed by atoms with Crippen LogP contribution < -0.4 is 5.32 Å². The minimum absolute atomic E-state index is 0.00369. The molecule has 1 N–H and O–H groups in total. The molecule has 7 heteroatoms. The summed E-state index contributed by atoms with van der Waals surface area (Å²) in [6.45, 7) is 6.77. The maximum absolute atomic E-state index is 12.9. The molecule has 0 aromatic rings. The van der Waals surface area contributed by atoms with Crippen LogP contribution in [0.2, 0.25) is 0 Å². The van der Waals surface area contributed by atoms with Gasteiger partial charge >= 0.3 is 6.03 Å². The zero-order chi connectivity index (χ0) is 17.3. The minimum Gasteiger partial charge on any atom is -0.381 e. The molecule has 7 nitrogen and oxygen atoms in total. The highest BCUT2D eigenvalue weighted by molar-refractivity contribution is 5.75. The Bertz CT molecular complexity index is 482. The Balaban J connectivity index is 1.37. The number of carbonyl (C=O) groups excluding carboxylic acids is 1. The number of nitrogens with zero attached hydrogens (tertiary/aromatic N) is 1. The molecule has 3 heterocycles. The lowest BCUT2D eigenvalue weighted by Gasteiger charge is -2.53. The highest BCUT2D eigenvalue weighted by Crippen LogP contribution is 2.45. The molecule has 2 spiro atoms. The Kier molecular flexibility index (Phi) is 4.92. The Labute approximate surface area is 149 Å². The maximum atomic E-state index is 12.9. The summed E-state index contributed by atoms with van der Waals surface area (Å²) in [6.07, 6.45) is 4.67. The summed E-state index contributed by atoms with van der Waals surface area (Å²) in [5.74, 6) is 0. The number of carbonyl (C=O) groups is 1. The first-order valence-corrected chi connectivity index (χ1v) is 9.70. The smallest absolute Gasteiger partial charge is 0.317 e. The molecule has 0 radical (unpaired) electrons. The van der Waals surface area contributed by atoms with Gasteiger partial charge in [-0.05, 0) is 26.2 Å². The predicted molar refractivity (Wildman–Crippen MR) is 90.6 cm³/mol. The van der Waals surface area contributed by atoms with Crippen LogP contribution in [0.4, 0.5) is 4.79 Å². The zero-order valence-electron chi connectivity index (χ0n) is 15.1. The molecule has 0 aromatic heterocycles. The number of hydrogen-bond donors (Lipinski definition) is 1. The molecule has 1 aliphatic carbocycles. The van der Waals surface area contributed by atoms with Crippen LogP contribution in [0.3, 0.4) is 0 Å². The summed E-state index contributed by atoms with van der Waals surface area (Å²) < 4.78 is 23.4. The Morgan fingerprint density at radius 2 is 2.04 bits per heavy atom. The van der Waals surface area contributed by atoms with Gasteiger partial charge in [-0.25, -0.2) is 4.79 Å². The SMILES string of the molecule is CCOC1CC(NC(=O)N2CCOC3(CCOCC3)C2)C12CCCO2. The monoisotopic (exact) mass is 354 g/mol. The van der Waals surface area contributed by atoms with Crippen molar-refractivity contribution in [1.29, 1.82) is 0 Å². The minimum atomic E-state index is -0.311. The second kappa shape index (κ2) is 7.02. The van der Waals surface area contributed by atoms with Gasteiger partial charge in [0.05, 0.1) is 30.9 Å². The Morgan fingerprint density at radius 3 is 2.76 bits per heavy atom. The first-order valence-electron chi connectivity index (χ1n) is 9.70. The van der Waals surface area contributed by atoms with E-state index in [1.54, 1.807) is 0 Å². The van der Waals surface area contributed by atoms with Crippen molar-refractivity contribution in [2.24, 2.45) is 0 Å². The quantitative estimate of drug-likeness (QED) is 0.827. The van der Waals surface area contributed by atoms with E-state index in [1.807, 2.05) is 11.8 Å². The molecule has 3 aliphatic heterocycles. The number of hydrogen-bond acceptors (Lipinski definition) is 5. The lowest BCUT2D eigenvalue weighted by molar-refractivity contribution is -0.195. The second-order valence-corrected chi connectivity index (χ2v) is 7.65. The third kappa shape index (κ3) is 3.16. The topological polar surface area (TPSA) is 69.3 Å². The van der Waals surface area contributed by atoms with Gasteiger partial charge in [-0.3, -0.25) is 0 Å². The van der Waals surface area contributed by atoms with Gasteiger partial charge in [-0.2, -0.15) is 0 Å². The summed E-state index contributed by atoms with van der Waals surface area (Å²) in [7, 11) is 0. The van der Waals surface area contributed by atoms with E-state index in [9.17, 15) is 4.79 Å². The second-order valence-electron chi connectivity index (χ2n) is 7.65. The number of morpholine rings is 1. The van der Waals surface area contributed by atoms with E-state index in [1.165, 1.54) is 0 Å². The molecule has 25 heavy (non-hydrogen) atoms. The lowest BCUT2D eigenvalue weighted by Crippen LogP contribution is -2.71. The number of nitrogens with one attached hydrogen (secondary N) is 1. The van der Waals surface area contributed by atoms with Crippen molar-refractivity contribution in [2.45, 2.75) is 62.4 Å². The molecule has 0 aromatic carbocycles. The fourth-order valence-corrected chi connectivity index (χ4v) is 4.78. The van der Waals surface area contributed by atoms with E-state index in [4.69, 9.17) is 18.9 Å². The van der Waals surface area contributed by atoms with Gasteiger partial charge < -0.3 is 29.2 Å². The summed E-state index contributed by atoms with van der Waals surface area (Å²) in [5.41, 5.74) is -0.531. The Morgan fingerprint density at radius 1 is 1.20 bits per heavy atom. The van der Waals surface area contributed by atoms with Crippen LogP contribution in [0.15, 0.2) is 0 Å². The molecule has 4 rings (SSSR count). The molecule has 3 atom stereocenters. The third-order valence-corrected chi connectivity index (χ3v) is 6.27. The van der Waals surface area contributed by atoms with Crippen LogP contribution in [0.5, 0.6) is 0 Å². The molecule has 4 aliphatic rings. The van der Waals surface area contributed by atoms with Crippen LogP contribution >= 0.6 is 0 Å². The van der Waals surface area contributed by atoms with Crippen molar-refractivity contribution in [3.8, 4) is 0 Å². The maximum Gasteiger partial charge on any atom is 0.317 e. The number of ether oxygens (including phenoxy) is 4. The molecule has 142 valence electrons. The van der Waals surface area contributed by atoms with Crippen molar-refractivity contribution in [3.63, 3.8) is 0 Å². The lowest BCUT2D eigenvalue weighted by atomic mass is 9.70. The van der Waals surface area contributed by atoms with Crippen LogP contribution in [-0.2, 0) is 18.9 Å². The summed E-state index contributed by atoms with van der Waals surface area (Å²) in [4.78, 5) is 14.8. The molecule has 0 bridgehead atoms. The summed E-state index contributed by atoms with van der Waals surface area (Å²) in [6, 6.07) is 0.0523. The average molecular weight is 354 g/mol. The van der Waals surface area contributed by atoms with Crippen molar-refractivity contribution in [1.82, 2.24) is 10.2 Å². The molecular formula is C18H30N2O5. The molecule has 3 saturated heterocycles.